The van der Waals surface area contributed by atoms with Crippen molar-refractivity contribution in [1.29, 1.82) is 0 Å². The second-order valence-electron chi connectivity index (χ2n) is 4.99. The maximum Gasteiger partial charge on any atom is 0.137 e. The zero-order chi connectivity index (χ0) is 14.5. The Hall–Kier alpha value is -2.46. The van der Waals surface area contributed by atoms with Gasteiger partial charge in [-0.3, -0.25) is 0 Å². The van der Waals surface area contributed by atoms with Crippen LogP contribution in [-0.4, -0.2) is 26.0 Å². The molecular formula is C17H17N3O. The topological polar surface area (TPSA) is 50.9 Å². The maximum absolute atomic E-state index is 10.7. The van der Waals surface area contributed by atoms with Crippen LogP contribution in [0.2, 0.25) is 0 Å². The first-order chi connectivity index (χ1) is 10.3. The Morgan fingerprint density at radius 1 is 0.952 bits per heavy atom. The Labute approximate surface area is 123 Å². The minimum atomic E-state index is -0.573. The Kier molecular flexibility index (Phi) is 4.07. The largest absolute Gasteiger partial charge is 0.390 e. The fourth-order valence-electron chi connectivity index (χ4n) is 2.53. The lowest BCUT2D eigenvalue weighted by atomic mass is 9.96. The average molecular weight is 279 g/mol. The minimum absolute atomic E-state index is 0.242. The molecule has 0 spiro atoms. The van der Waals surface area contributed by atoms with E-state index in [1.807, 2.05) is 60.7 Å². The van der Waals surface area contributed by atoms with E-state index < -0.39 is 6.10 Å². The molecule has 0 aliphatic heterocycles. The lowest BCUT2D eigenvalue weighted by Crippen LogP contribution is -2.27. The van der Waals surface area contributed by atoms with Gasteiger partial charge in [-0.2, -0.15) is 5.10 Å². The zero-order valence-corrected chi connectivity index (χ0v) is 11.6. The number of aliphatic hydroxyl groups is 1. The third kappa shape index (κ3) is 3.17. The summed E-state index contributed by atoms with van der Waals surface area (Å²) in [4.78, 5) is 4.00. The molecule has 106 valence electrons. The second-order valence-corrected chi connectivity index (χ2v) is 4.99. The summed E-state index contributed by atoms with van der Waals surface area (Å²) >= 11 is 0. The van der Waals surface area contributed by atoms with Crippen molar-refractivity contribution in [2.75, 3.05) is 0 Å². The summed E-state index contributed by atoms with van der Waals surface area (Å²) in [6, 6.07) is 19.6. The van der Waals surface area contributed by atoms with Gasteiger partial charge < -0.3 is 5.11 Å². The molecule has 0 bridgehead atoms. The summed E-state index contributed by atoms with van der Waals surface area (Å²) in [5.41, 5.74) is 2.12. The summed E-state index contributed by atoms with van der Waals surface area (Å²) in [7, 11) is 0. The van der Waals surface area contributed by atoms with Crippen molar-refractivity contribution in [3.05, 3.63) is 84.4 Å². The summed E-state index contributed by atoms with van der Waals surface area (Å²) in [6.45, 7) is 0. The molecule has 21 heavy (non-hydrogen) atoms. The van der Waals surface area contributed by atoms with Gasteiger partial charge in [0, 0.05) is 6.42 Å². The molecule has 1 N–H and O–H groups in total. The van der Waals surface area contributed by atoms with Crippen molar-refractivity contribution in [1.82, 2.24) is 14.8 Å². The molecule has 2 unspecified atom stereocenters. The molecule has 4 nitrogen and oxygen atoms in total. The molecule has 1 aromatic heterocycles. The molecule has 0 aliphatic rings. The van der Waals surface area contributed by atoms with Crippen molar-refractivity contribution in [2.45, 2.75) is 18.6 Å². The van der Waals surface area contributed by atoms with Crippen LogP contribution in [0, 0.1) is 0 Å². The van der Waals surface area contributed by atoms with E-state index in [1.165, 1.54) is 6.33 Å². The highest BCUT2D eigenvalue weighted by Crippen LogP contribution is 2.23. The van der Waals surface area contributed by atoms with Crippen LogP contribution >= 0.6 is 0 Å². The predicted molar refractivity (Wildman–Crippen MR) is 80.8 cm³/mol. The van der Waals surface area contributed by atoms with Gasteiger partial charge in [0.1, 0.15) is 18.7 Å². The molecule has 0 amide bonds. The molecular weight excluding hydrogens is 262 g/mol. The third-order valence-corrected chi connectivity index (χ3v) is 3.51. The van der Waals surface area contributed by atoms with Crippen LogP contribution < -0.4 is 0 Å². The van der Waals surface area contributed by atoms with E-state index in [2.05, 4.69) is 10.1 Å². The first-order valence-electron chi connectivity index (χ1n) is 6.95. The maximum atomic E-state index is 10.7. The normalized spacial score (nSPS) is 13.8. The highest BCUT2D eigenvalue weighted by atomic mass is 16.3. The Bertz CT molecular complexity index is 653. The number of aromatic nitrogens is 3. The number of hydrogen-bond donors (Lipinski definition) is 1. The van der Waals surface area contributed by atoms with Gasteiger partial charge in [0.2, 0.25) is 0 Å². The van der Waals surface area contributed by atoms with E-state index in [4.69, 9.17) is 0 Å². The molecule has 0 aliphatic carbocycles. The van der Waals surface area contributed by atoms with Crippen molar-refractivity contribution >= 4 is 0 Å². The van der Waals surface area contributed by atoms with E-state index in [0.29, 0.717) is 6.42 Å². The summed E-state index contributed by atoms with van der Waals surface area (Å²) in [6.07, 6.45) is 3.13. The molecule has 2 atom stereocenters. The fraction of sp³-hybridized carbons (Fsp3) is 0.176. The molecule has 0 radical (unpaired) electrons. The van der Waals surface area contributed by atoms with Crippen molar-refractivity contribution < 1.29 is 5.11 Å². The highest BCUT2D eigenvalue weighted by Gasteiger charge is 2.23. The standard InChI is InChI=1S/C17H17N3O/c21-16(11-14-7-3-1-4-8-14)17(20-13-18-12-19-20)15-9-5-2-6-10-15/h1-10,12-13,16-17,21H,11H2. The summed E-state index contributed by atoms with van der Waals surface area (Å²) < 4.78 is 1.71. The van der Waals surface area contributed by atoms with Crippen LogP contribution in [0.5, 0.6) is 0 Å². The van der Waals surface area contributed by atoms with Crippen molar-refractivity contribution in [3.8, 4) is 0 Å². The van der Waals surface area contributed by atoms with Crippen LogP contribution in [0.4, 0.5) is 0 Å². The summed E-state index contributed by atoms with van der Waals surface area (Å²) in [5, 5.41) is 14.9. The van der Waals surface area contributed by atoms with Crippen LogP contribution in [-0.2, 0) is 6.42 Å². The molecule has 3 rings (SSSR count). The SMILES string of the molecule is OC(Cc1ccccc1)C(c1ccccc1)n1cncn1. The summed E-state index contributed by atoms with van der Waals surface area (Å²) in [5.74, 6) is 0. The van der Waals surface area contributed by atoms with Crippen LogP contribution in [0.25, 0.3) is 0 Å². The molecule has 0 saturated heterocycles. The van der Waals surface area contributed by atoms with E-state index in [1.54, 1.807) is 11.0 Å². The van der Waals surface area contributed by atoms with E-state index in [-0.39, 0.29) is 6.04 Å². The molecule has 1 heterocycles. The zero-order valence-electron chi connectivity index (χ0n) is 11.6. The Balaban J connectivity index is 1.89. The first kappa shape index (κ1) is 13.5. The fourth-order valence-corrected chi connectivity index (χ4v) is 2.53. The monoisotopic (exact) mass is 279 g/mol. The van der Waals surface area contributed by atoms with Gasteiger partial charge in [-0.05, 0) is 11.1 Å². The highest BCUT2D eigenvalue weighted by molar-refractivity contribution is 5.23. The number of benzene rings is 2. The van der Waals surface area contributed by atoms with Gasteiger partial charge in [0.15, 0.2) is 0 Å². The van der Waals surface area contributed by atoms with Crippen molar-refractivity contribution in [2.24, 2.45) is 0 Å². The second kappa shape index (κ2) is 6.33. The predicted octanol–water partition coefficient (Wildman–Crippen LogP) is 2.47. The molecule has 3 aromatic rings. The van der Waals surface area contributed by atoms with Gasteiger partial charge in [0.25, 0.3) is 0 Å². The molecule has 0 fully saturated rings. The Morgan fingerprint density at radius 3 is 2.24 bits per heavy atom. The lowest BCUT2D eigenvalue weighted by molar-refractivity contribution is 0.124. The van der Waals surface area contributed by atoms with Gasteiger partial charge in [-0.1, -0.05) is 60.7 Å². The van der Waals surface area contributed by atoms with Crippen LogP contribution in [0.3, 0.4) is 0 Å². The van der Waals surface area contributed by atoms with Crippen molar-refractivity contribution in [3.63, 3.8) is 0 Å². The third-order valence-electron chi connectivity index (χ3n) is 3.51. The minimum Gasteiger partial charge on any atom is -0.390 e. The number of nitrogens with zero attached hydrogens (tertiary/aromatic N) is 3. The van der Waals surface area contributed by atoms with E-state index >= 15 is 0 Å². The van der Waals surface area contributed by atoms with Gasteiger partial charge in [-0.15, -0.1) is 0 Å². The first-order valence-corrected chi connectivity index (χ1v) is 6.95. The smallest absolute Gasteiger partial charge is 0.137 e. The van der Waals surface area contributed by atoms with Crippen LogP contribution in [0.15, 0.2) is 73.3 Å². The van der Waals surface area contributed by atoms with E-state index in [0.717, 1.165) is 11.1 Å². The number of aliphatic hydroxyl groups excluding tert-OH is 1. The number of rotatable bonds is 5. The molecule has 0 saturated carbocycles. The van der Waals surface area contributed by atoms with E-state index in [9.17, 15) is 5.11 Å². The van der Waals surface area contributed by atoms with Gasteiger partial charge in [-0.25, -0.2) is 9.67 Å². The molecule has 4 heteroatoms. The molecule has 2 aromatic carbocycles. The van der Waals surface area contributed by atoms with Gasteiger partial charge in [0.05, 0.1) is 6.10 Å². The average Bonchev–Trinajstić information content (AvgIpc) is 3.03. The Morgan fingerprint density at radius 2 is 1.62 bits per heavy atom. The van der Waals surface area contributed by atoms with Gasteiger partial charge >= 0.3 is 0 Å². The number of hydrogen-bond acceptors (Lipinski definition) is 3. The lowest BCUT2D eigenvalue weighted by Gasteiger charge is -2.23. The van der Waals surface area contributed by atoms with Crippen LogP contribution in [0.1, 0.15) is 17.2 Å². The quantitative estimate of drug-likeness (QED) is 0.780.